The van der Waals surface area contributed by atoms with Crippen LogP contribution in [0.5, 0.6) is 5.75 Å². The van der Waals surface area contributed by atoms with E-state index in [1.807, 2.05) is 13.0 Å². The topological polar surface area (TPSA) is 76.4 Å². The fourth-order valence-electron chi connectivity index (χ4n) is 1.64. The molecule has 0 atom stereocenters. The summed E-state index contributed by atoms with van der Waals surface area (Å²) in [6.45, 7) is 2.07. The summed E-state index contributed by atoms with van der Waals surface area (Å²) in [6, 6.07) is 10.5. The molecule has 0 aliphatic heterocycles. The molecule has 2 N–H and O–H groups in total. The van der Waals surface area contributed by atoms with Crippen LogP contribution in [0.4, 0.5) is 10.6 Å². The minimum absolute atomic E-state index is 0.0521. The fourth-order valence-corrected chi connectivity index (χ4v) is 1.64. The second-order valence-corrected chi connectivity index (χ2v) is 3.95. The first kappa shape index (κ1) is 13.1. The standard InChI is InChI=1S/C13H15N3O3/c1-10-9-12(16(15-10)7-8-17)14-13(18)19-11-5-3-2-4-6-11/h2-6,9,17H,7-8H2,1H3,(H,14,18). The molecule has 0 aliphatic rings. The number of aliphatic hydroxyl groups is 1. The number of ether oxygens (including phenoxy) is 1. The van der Waals surface area contributed by atoms with Gasteiger partial charge in [0.15, 0.2) is 0 Å². The maximum Gasteiger partial charge on any atom is 0.418 e. The maximum absolute atomic E-state index is 11.7. The van der Waals surface area contributed by atoms with E-state index in [4.69, 9.17) is 9.84 Å². The first-order chi connectivity index (χ1) is 9.19. The number of hydrogen-bond donors (Lipinski definition) is 2. The van der Waals surface area contributed by atoms with Crippen LogP contribution in [0.15, 0.2) is 36.4 Å². The molecule has 0 unspecified atom stereocenters. The Kier molecular flexibility index (Phi) is 4.15. The van der Waals surface area contributed by atoms with Gasteiger partial charge in [0, 0.05) is 6.07 Å². The number of hydrogen-bond acceptors (Lipinski definition) is 4. The third-order valence-corrected chi connectivity index (χ3v) is 2.40. The number of nitrogens with zero attached hydrogens (tertiary/aromatic N) is 2. The Balaban J connectivity index is 2.02. The molecule has 19 heavy (non-hydrogen) atoms. The number of aromatic nitrogens is 2. The highest BCUT2D eigenvalue weighted by molar-refractivity contribution is 5.85. The zero-order chi connectivity index (χ0) is 13.7. The van der Waals surface area contributed by atoms with Crippen molar-refractivity contribution in [1.82, 2.24) is 9.78 Å². The Morgan fingerprint density at radius 2 is 2.16 bits per heavy atom. The lowest BCUT2D eigenvalue weighted by molar-refractivity contribution is 0.214. The molecule has 0 fully saturated rings. The van der Waals surface area contributed by atoms with Crippen LogP contribution in [-0.2, 0) is 6.54 Å². The van der Waals surface area contributed by atoms with E-state index in [2.05, 4.69) is 10.4 Å². The second kappa shape index (κ2) is 6.01. The lowest BCUT2D eigenvalue weighted by atomic mass is 10.3. The monoisotopic (exact) mass is 261 g/mol. The summed E-state index contributed by atoms with van der Waals surface area (Å²) in [7, 11) is 0. The van der Waals surface area contributed by atoms with Gasteiger partial charge in [0.1, 0.15) is 11.6 Å². The zero-order valence-electron chi connectivity index (χ0n) is 10.5. The third-order valence-electron chi connectivity index (χ3n) is 2.40. The highest BCUT2D eigenvalue weighted by Gasteiger charge is 2.10. The molecular formula is C13H15N3O3. The van der Waals surface area contributed by atoms with Gasteiger partial charge in [0.05, 0.1) is 18.8 Å². The Morgan fingerprint density at radius 3 is 2.84 bits per heavy atom. The number of aryl methyl sites for hydroxylation is 1. The molecule has 0 spiro atoms. The van der Waals surface area contributed by atoms with Crippen molar-refractivity contribution in [2.45, 2.75) is 13.5 Å². The summed E-state index contributed by atoms with van der Waals surface area (Å²) in [4.78, 5) is 11.7. The minimum atomic E-state index is -0.592. The number of benzene rings is 1. The molecule has 6 nitrogen and oxygen atoms in total. The van der Waals surface area contributed by atoms with Crippen molar-refractivity contribution in [2.24, 2.45) is 0 Å². The predicted molar refractivity (Wildman–Crippen MR) is 70.1 cm³/mol. The lowest BCUT2D eigenvalue weighted by Crippen LogP contribution is -2.20. The van der Waals surface area contributed by atoms with Crippen LogP contribution in [0.25, 0.3) is 0 Å². The molecular weight excluding hydrogens is 246 g/mol. The van der Waals surface area contributed by atoms with E-state index in [1.54, 1.807) is 30.3 Å². The van der Waals surface area contributed by atoms with Crippen molar-refractivity contribution >= 4 is 11.9 Å². The van der Waals surface area contributed by atoms with Gasteiger partial charge < -0.3 is 9.84 Å². The number of carbonyl (C=O) groups is 1. The molecule has 1 amide bonds. The van der Waals surface area contributed by atoms with Gasteiger partial charge in [-0.05, 0) is 19.1 Å². The molecule has 0 aliphatic carbocycles. The number of para-hydroxylation sites is 1. The predicted octanol–water partition coefficient (Wildman–Crippen LogP) is 1.79. The number of amides is 1. The Hall–Kier alpha value is -2.34. The summed E-state index contributed by atoms with van der Waals surface area (Å²) in [5.74, 6) is 0.956. The largest absolute Gasteiger partial charge is 0.418 e. The number of carbonyl (C=O) groups excluding carboxylic acids is 1. The molecule has 6 heteroatoms. The summed E-state index contributed by atoms with van der Waals surface area (Å²) in [6.07, 6.45) is -0.592. The average molecular weight is 261 g/mol. The normalized spacial score (nSPS) is 10.2. The summed E-state index contributed by atoms with van der Waals surface area (Å²) < 4.78 is 6.62. The zero-order valence-corrected chi connectivity index (χ0v) is 10.5. The van der Waals surface area contributed by atoms with Gasteiger partial charge in [-0.15, -0.1) is 0 Å². The van der Waals surface area contributed by atoms with Crippen LogP contribution in [0.1, 0.15) is 5.69 Å². The van der Waals surface area contributed by atoms with Crippen molar-refractivity contribution in [2.75, 3.05) is 11.9 Å². The van der Waals surface area contributed by atoms with E-state index < -0.39 is 6.09 Å². The van der Waals surface area contributed by atoms with E-state index in [0.29, 0.717) is 18.1 Å². The van der Waals surface area contributed by atoms with Crippen molar-refractivity contribution in [3.05, 3.63) is 42.1 Å². The van der Waals surface area contributed by atoms with Crippen LogP contribution in [-0.4, -0.2) is 27.6 Å². The Labute approximate surface area is 110 Å². The van der Waals surface area contributed by atoms with Gasteiger partial charge in [0.25, 0.3) is 0 Å². The molecule has 1 aromatic carbocycles. The van der Waals surface area contributed by atoms with Gasteiger partial charge in [0.2, 0.25) is 0 Å². The van der Waals surface area contributed by atoms with E-state index in [-0.39, 0.29) is 6.61 Å². The molecule has 0 saturated heterocycles. The first-order valence-corrected chi connectivity index (χ1v) is 5.88. The Bertz CT molecular complexity index is 552. The first-order valence-electron chi connectivity index (χ1n) is 5.88. The Morgan fingerprint density at radius 1 is 1.42 bits per heavy atom. The highest BCUT2D eigenvalue weighted by Crippen LogP contribution is 2.13. The average Bonchev–Trinajstić information content (AvgIpc) is 2.71. The van der Waals surface area contributed by atoms with Crippen LogP contribution >= 0.6 is 0 Å². The van der Waals surface area contributed by atoms with Gasteiger partial charge in [-0.1, -0.05) is 18.2 Å². The van der Waals surface area contributed by atoms with Gasteiger partial charge in [-0.2, -0.15) is 5.10 Å². The SMILES string of the molecule is Cc1cc(NC(=O)Oc2ccccc2)n(CCO)n1. The number of nitrogens with one attached hydrogen (secondary N) is 1. The number of aliphatic hydroxyl groups excluding tert-OH is 1. The molecule has 1 aromatic heterocycles. The molecule has 0 saturated carbocycles. The molecule has 100 valence electrons. The maximum atomic E-state index is 11.7. The molecule has 2 rings (SSSR count). The van der Waals surface area contributed by atoms with Gasteiger partial charge in [-0.3, -0.25) is 5.32 Å². The van der Waals surface area contributed by atoms with Crippen LogP contribution in [0.3, 0.4) is 0 Å². The highest BCUT2D eigenvalue weighted by atomic mass is 16.6. The smallest absolute Gasteiger partial charge is 0.410 e. The van der Waals surface area contributed by atoms with Gasteiger partial charge >= 0.3 is 6.09 Å². The summed E-state index contributed by atoms with van der Waals surface area (Å²) in [5.41, 5.74) is 0.753. The van der Waals surface area contributed by atoms with Crippen molar-refractivity contribution in [1.29, 1.82) is 0 Å². The summed E-state index contributed by atoms with van der Waals surface area (Å²) >= 11 is 0. The number of rotatable bonds is 4. The van der Waals surface area contributed by atoms with E-state index in [9.17, 15) is 4.79 Å². The van der Waals surface area contributed by atoms with Crippen molar-refractivity contribution in [3.8, 4) is 5.75 Å². The molecule has 0 bridgehead atoms. The minimum Gasteiger partial charge on any atom is -0.410 e. The van der Waals surface area contributed by atoms with Crippen LogP contribution in [0.2, 0.25) is 0 Å². The molecule has 0 radical (unpaired) electrons. The molecule has 2 aromatic rings. The number of anilines is 1. The van der Waals surface area contributed by atoms with E-state index in [1.165, 1.54) is 4.68 Å². The van der Waals surface area contributed by atoms with Gasteiger partial charge in [-0.25, -0.2) is 9.48 Å². The quantitative estimate of drug-likeness (QED) is 0.879. The summed E-state index contributed by atoms with van der Waals surface area (Å²) in [5, 5.41) is 15.7. The van der Waals surface area contributed by atoms with Crippen LogP contribution in [0, 0.1) is 6.92 Å². The fraction of sp³-hybridized carbons (Fsp3) is 0.231. The van der Waals surface area contributed by atoms with Crippen LogP contribution < -0.4 is 10.1 Å². The van der Waals surface area contributed by atoms with Crippen molar-refractivity contribution in [3.63, 3.8) is 0 Å². The lowest BCUT2D eigenvalue weighted by Gasteiger charge is -2.08. The second-order valence-electron chi connectivity index (χ2n) is 3.95. The van der Waals surface area contributed by atoms with Crippen molar-refractivity contribution < 1.29 is 14.6 Å². The van der Waals surface area contributed by atoms with E-state index in [0.717, 1.165) is 5.69 Å². The molecule has 1 heterocycles. The third kappa shape index (κ3) is 3.56. The van der Waals surface area contributed by atoms with E-state index >= 15 is 0 Å².